The number of aromatic nitrogens is 1. The van der Waals surface area contributed by atoms with Gasteiger partial charge in [0.1, 0.15) is 5.75 Å². The van der Waals surface area contributed by atoms with E-state index in [1.165, 1.54) is 11.3 Å². The Morgan fingerprint density at radius 1 is 1.42 bits per heavy atom. The number of hydrogen-bond acceptors (Lipinski definition) is 4. The molecule has 0 fully saturated rings. The van der Waals surface area contributed by atoms with Gasteiger partial charge < -0.3 is 4.74 Å². The minimum atomic E-state index is 0.0291. The van der Waals surface area contributed by atoms with E-state index >= 15 is 0 Å². The van der Waals surface area contributed by atoms with Crippen LogP contribution >= 0.6 is 11.3 Å². The summed E-state index contributed by atoms with van der Waals surface area (Å²) in [6, 6.07) is 7.33. The first-order valence-electron chi connectivity index (χ1n) is 5.80. The molecule has 19 heavy (non-hydrogen) atoms. The predicted molar refractivity (Wildman–Crippen MR) is 74.9 cm³/mol. The maximum atomic E-state index is 11.9. The topological polar surface area (TPSA) is 55.0 Å². The maximum Gasteiger partial charge on any atom is 0.307 e. The van der Waals surface area contributed by atoms with Crippen molar-refractivity contribution in [3.8, 4) is 11.8 Å². The van der Waals surface area contributed by atoms with Crippen LogP contribution in [0.15, 0.2) is 23.0 Å². The number of nitriles is 1. The Morgan fingerprint density at radius 2 is 2.16 bits per heavy atom. The number of hydrogen-bond donors (Lipinski definition) is 0. The number of thiazole rings is 1. The summed E-state index contributed by atoms with van der Waals surface area (Å²) in [5, 5.41) is 8.87. The minimum Gasteiger partial charge on any atom is -0.496 e. The number of nitrogens with zero attached hydrogens (tertiary/aromatic N) is 2. The van der Waals surface area contributed by atoms with Gasteiger partial charge in [0.15, 0.2) is 0 Å². The Labute approximate surface area is 115 Å². The van der Waals surface area contributed by atoms with Crippen LogP contribution in [0.4, 0.5) is 0 Å². The number of rotatable bonds is 3. The van der Waals surface area contributed by atoms with Gasteiger partial charge in [0.25, 0.3) is 0 Å². The highest BCUT2D eigenvalue weighted by molar-refractivity contribution is 7.09. The molecule has 1 aromatic heterocycles. The molecule has 0 amide bonds. The summed E-state index contributed by atoms with van der Waals surface area (Å²) < 4.78 is 7.01. The Kier molecular flexibility index (Phi) is 3.72. The summed E-state index contributed by atoms with van der Waals surface area (Å²) in [6.45, 7) is 4.33. The SMILES string of the molecule is COc1cc(C#N)ccc1Cn1c(C)c(C)sc1=O. The third kappa shape index (κ3) is 2.54. The Bertz CT molecular complexity index is 707. The lowest BCUT2D eigenvalue weighted by atomic mass is 10.1. The average molecular weight is 274 g/mol. The summed E-state index contributed by atoms with van der Waals surface area (Å²) in [6.07, 6.45) is 0. The summed E-state index contributed by atoms with van der Waals surface area (Å²) >= 11 is 1.25. The summed E-state index contributed by atoms with van der Waals surface area (Å²) in [5.41, 5.74) is 2.41. The monoisotopic (exact) mass is 274 g/mol. The molecule has 0 bridgehead atoms. The highest BCUT2D eigenvalue weighted by atomic mass is 32.1. The van der Waals surface area contributed by atoms with E-state index < -0.39 is 0 Å². The van der Waals surface area contributed by atoms with Crippen LogP contribution in [0.5, 0.6) is 5.75 Å². The van der Waals surface area contributed by atoms with Crippen LogP contribution in [0.25, 0.3) is 0 Å². The molecule has 1 aromatic carbocycles. The van der Waals surface area contributed by atoms with Crippen molar-refractivity contribution < 1.29 is 4.74 Å². The van der Waals surface area contributed by atoms with Gasteiger partial charge >= 0.3 is 4.87 Å². The highest BCUT2D eigenvalue weighted by Gasteiger charge is 2.11. The summed E-state index contributed by atoms with van der Waals surface area (Å²) in [7, 11) is 1.56. The van der Waals surface area contributed by atoms with E-state index in [-0.39, 0.29) is 4.87 Å². The maximum absolute atomic E-state index is 11.9. The first-order valence-corrected chi connectivity index (χ1v) is 6.62. The summed E-state index contributed by atoms with van der Waals surface area (Å²) in [5.74, 6) is 0.634. The minimum absolute atomic E-state index is 0.0291. The first kappa shape index (κ1) is 13.4. The second kappa shape index (κ2) is 5.29. The van der Waals surface area contributed by atoms with Gasteiger partial charge in [-0.15, -0.1) is 0 Å². The van der Waals surface area contributed by atoms with Crippen molar-refractivity contribution in [2.24, 2.45) is 0 Å². The molecule has 0 spiro atoms. The van der Waals surface area contributed by atoms with E-state index in [0.717, 1.165) is 16.1 Å². The van der Waals surface area contributed by atoms with E-state index in [9.17, 15) is 4.79 Å². The van der Waals surface area contributed by atoms with E-state index in [0.29, 0.717) is 17.9 Å². The number of aryl methyl sites for hydroxylation is 1. The first-order chi connectivity index (χ1) is 9.06. The molecule has 0 N–H and O–H groups in total. The molecule has 0 aliphatic heterocycles. The quantitative estimate of drug-likeness (QED) is 0.864. The Hall–Kier alpha value is -2.06. The van der Waals surface area contributed by atoms with Crippen molar-refractivity contribution in [2.75, 3.05) is 7.11 Å². The lowest BCUT2D eigenvalue weighted by molar-refractivity contribution is 0.408. The van der Waals surface area contributed by atoms with Crippen LogP contribution in [-0.2, 0) is 6.54 Å². The molecule has 1 heterocycles. The lowest BCUT2D eigenvalue weighted by Gasteiger charge is -2.10. The van der Waals surface area contributed by atoms with Gasteiger partial charge in [-0.3, -0.25) is 9.36 Å². The average Bonchev–Trinajstić information content (AvgIpc) is 2.65. The molecule has 0 aliphatic carbocycles. The van der Waals surface area contributed by atoms with Gasteiger partial charge in [-0.25, -0.2) is 0 Å². The number of ether oxygens (including phenoxy) is 1. The van der Waals surface area contributed by atoms with Crippen LogP contribution in [0.1, 0.15) is 21.7 Å². The smallest absolute Gasteiger partial charge is 0.307 e. The molecule has 0 unspecified atom stereocenters. The van der Waals surface area contributed by atoms with E-state index in [4.69, 9.17) is 10.00 Å². The molecule has 0 radical (unpaired) electrons. The molecule has 2 rings (SSSR count). The highest BCUT2D eigenvalue weighted by Crippen LogP contribution is 2.22. The molecule has 0 atom stereocenters. The standard InChI is InChI=1S/C14H14N2O2S/c1-9-10(2)19-14(17)16(9)8-12-5-4-11(7-15)6-13(12)18-3/h4-6H,8H2,1-3H3. The molecule has 0 aliphatic rings. The van der Waals surface area contributed by atoms with Crippen LogP contribution < -0.4 is 9.61 Å². The van der Waals surface area contributed by atoms with E-state index in [2.05, 4.69) is 6.07 Å². The second-order valence-electron chi connectivity index (χ2n) is 4.23. The third-order valence-corrected chi connectivity index (χ3v) is 4.12. The van der Waals surface area contributed by atoms with Crippen molar-refractivity contribution in [2.45, 2.75) is 20.4 Å². The lowest BCUT2D eigenvalue weighted by Crippen LogP contribution is -2.15. The van der Waals surface area contributed by atoms with Crippen LogP contribution in [-0.4, -0.2) is 11.7 Å². The van der Waals surface area contributed by atoms with E-state index in [1.54, 1.807) is 23.8 Å². The second-order valence-corrected chi connectivity index (χ2v) is 5.40. The van der Waals surface area contributed by atoms with Gasteiger partial charge in [0.2, 0.25) is 0 Å². The van der Waals surface area contributed by atoms with Crippen LogP contribution in [0.3, 0.4) is 0 Å². The third-order valence-electron chi connectivity index (χ3n) is 3.12. The fraction of sp³-hybridized carbons (Fsp3) is 0.286. The zero-order valence-electron chi connectivity index (χ0n) is 11.1. The van der Waals surface area contributed by atoms with Crippen LogP contribution in [0, 0.1) is 25.2 Å². The largest absolute Gasteiger partial charge is 0.496 e. The zero-order valence-corrected chi connectivity index (χ0v) is 11.9. The molecular formula is C14H14N2O2S. The normalized spacial score (nSPS) is 10.2. The fourth-order valence-corrected chi connectivity index (χ4v) is 2.72. The van der Waals surface area contributed by atoms with Gasteiger partial charge in [0.05, 0.1) is 25.3 Å². The van der Waals surface area contributed by atoms with Crippen molar-refractivity contribution >= 4 is 11.3 Å². The zero-order chi connectivity index (χ0) is 14.0. The van der Waals surface area contributed by atoms with Crippen LogP contribution in [0.2, 0.25) is 0 Å². The number of benzene rings is 1. The number of methoxy groups -OCH3 is 1. The molecule has 2 aromatic rings. The molecule has 5 heteroatoms. The molecule has 0 saturated heterocycles. The Morgan fingerprint density at radius 3 is 2.68 bits per heavy atom. The van der Waals surface area contributed by atoms with Crippen molar-refractivity contribution in [3.63, 3.8) is 0 Å². The van der Waals surface area contributed by atoms with Gasteiger partial charge in [-0.1, -0.05) is 17.4 Å². The van der Waals surface area contributed by atoms with Crippen molar-refractivity contribution in [1.82, 2.24) is 4.57 Å². The van der Waals surface area contributed by atoms with Gasteiger partial charge in [-0.05, 0) is 26.0 Å². The molecular weight excluding hydrogens is 260 g/mol. The summed E-state index contributed by atoms with van der Waals surface area (Å²) in [4.78, 5) is 12.9. The van der Waals surface area contributed by atoms with Crippen molar-refractivity contribution in [1.29, 1.82) is 5.26 Å². The molecule has 4 nitrogen and oxygen atoms in total. The fourth-order valence-electron chi connectivity index (χ4n) is 1.89. The van der Waals surface area contributed by atoms with Crippen molar-refractivity contribution in [3.05, 3.63) is 49.6 Å². The Balaban J connectivity index is 2.44. The molecule has 0 saturated carbocycles. The van der Waals surface area contributed by atoms with Gasteiger partial charge in [0, 0.05) is 16.1 Å². The van der Waals surface area contributed by atoms with Gasteiger partial charge in [-0.2, -0.15) is 5.26 Å². The predicted octanol–water partition coefficient (Wildman–Crippen LogP) is 2.46. The van der Waals surface area contributed by atoms with E-state index in [1.807, 2.05) is 19.9 Å². The molecule has 98 valence electrons.